The number of nitrogens with zero attached hydrogens (tertiary/aromatic N) is 1. The molecule has 2 aromatic rings. The normalized spacial score (nSPS) is 10.8. The number of aliphatic carboxylic acids is 1. The third-order valence-corrected chi connectivity index (χ3v) is 3.81. The Morgan fingerprint density at radius 1 is 1.24 bits per heavy atom. The molecule has 134 valence electrons. The van der Waals surface area contributed by atoms with Gasteiger partial charge < -0.3 is 20.4 Å². The van der Waals surface area contributed by atoms with E-state index in [4.69, 9.17) is 9.94 Å². The highest BCUT2D eigenvalue weighted by atomic mass is 16.7. The molecular weight excluding hydrogens is 328 g/mol. The van der Waals surface area contributed by atoms with Gasteiger partial charge in [-0.15, -0.1) is 4.73 Å². The summed E-state index contributed by atoms with van der Waals surface area (Å²) in [6.45, 7) is 3.14. The minimum atomic E-state index is -1.26. The van der Waals surface area contributed by atoms with E-state index in [1.54, 1.807) is 24.3 Å². The van der Waals surface area contributed by atoms with Crippen LogP contribution in [0.4, 0.5) is 0 Å². The molecule has 0 atom stereocenters. The quantitative estimate of drug-likeness (QED) is 0.690. The van der Waals surface area contributed by atoms with Gasteiger partial charge in [0.05, 0.1) is 5.52 Å². The summed E-state index contributed by atoms with van der Waals surface area (Å²) in [7, 11) is 0. The lowest BCUT2D eigenvalue weighted by molar-refractivity contribution is -0.135. The van der Waals surface area contributed by atoms with Crippen LogP contribution >= 0.6 is 0 Å². The molecule has 1 aromatic carbocycles. The van der Waals surface area contributed by atoms with Crippen molar-refractivity contribution in [2.75, 3.05) is 6.54 Å². The zero-order valence-corrected chi connectivity index (χ0v) is 14.0. The summed E-state index contributed by atoms with van der Waals surface area (Å²) in [5.41, 5.74) is -1.07. The van der Waals surface area contributed by atoms with Gasteiger partial charge in [0.25, 0.3) is 11.5 Å². The van der Waals surface area contributed by atoms with Gasteiger partial charge >= 0.3 is 5.97 Å². The number of rotatable bonds is 7. The first-order chi connectivity index (χ1) is 11.9. The average Bonchev–Trinajstić information content (AvgIpc) is 2.60. The maximum atomic E-state index is 12.7. The molecule has 0 aliphatic carbocycles. The van der Waals surface area contributed by atoms with Crippen molar-refractivity contribution >= 4 is 22.8 Å². The van der Waals surface area contributed by atoms with Gasteiger partial charge in [0.2, 0.25) is 0 Å². The van der Waals surface area contributed by atoms with E-state index < -0.39 is 35.3 Å². The van der Waals surface area contributed by atoms with E-state index >= 15 is 0 Å². The first kappa shape index (κ1) is 18.3. The molecular formula is C17H20N2O6. The molecule has 8 heteroatoms. The third-order valence-electron chi connectivity index (χ3n) is 3.81. The number of nitrogens with one attached hydrogen (secondary N) is 1. The highest BCUT2D eigenvalue weighted by Crippen LogP contribution is 2.26. The summed E-state index contributed by atoms with van der Waals surface area (Å²) < 4.78 is 0.988. The summed E-state index contributed by atoms with van der Waals surface area (Å²) in [4.78, 5) is 41.3. The predicted octanol–water partition coefficient (Wildman–Crippen LogP) is 1.14. The highest BCUT2D eigenvalue weighted by molar-refractivity contribution is 6.02. The fourth-order valence-corrected chi connectivity index (χ4v) is 2.44. The number of aromatic hydroxyl groups is 1. The summed E-state index contributed by atoms with van der Waals surface area (Å²) >= 11 is 0. The molecule has 2 rings (SSSR count). The second-order valence-electron chi connectivity index (χ2n) is 5.46. The van der Waals surface area contributed by atoms with E-state index in [-0.39, 0.29) is 11.5 Å². The van der Waals surface area contributed by atoms with E-state index in [1.165, 1.54) is 0 Å². The molecule has 0 unspecified atom stereocenters. The van der Waals surface area contributed by atoms with Crippen molar-refractivity contribution in [2.24, 2.45) is 0 Å². The van der Waals surface area contributed by atoms with Gasteiger partial charge in [-0.05, 0) is 25.0 Å². The SMILES string of the molecule is CCC(CC)On1c(=O)c(C(=O)NCC(=O)O)c(O)c2ccccc21. The number of para-hydroxylation sites is 1. The Labute approximate surface area is 143 Å². The fraction of sp³-hybridized carbons (Fsp3) is 0.353. The molecule has 0 bridgehead atoms. The van der Waals surface area contributed by atoms with Gasteiger partial charge in [0.15, 0.2) is 5.56 Å². The van der Waals surface area contributed by atoms with Crippen molar-refractivity contribution in [3.05, 3.63) is 40.2 Å². The van der Waals surface area contributed by atoms with Crippen molar-refractivity contribution in [2.45, 2.75) is 32.8 Å². The molecule has 0 spiro atoms. The number of carboxylic acids is 1. The van der Waals surface area contributed by atoms with Crippen LogP contribution in [0.2, 0.25) is 0 Å². The Bertz CT molecular complexity index is 854. The first-order valence-electron chi connectivity index (χ1n) is 7.94. The van der Waals surface area contributed by atoms with Crippen molar-refractivity contribution < 1.29 is 24.6 Å². The van der Waals surface area contributed by atoms with Crippen LogP contribution < -0.4 is 15.7 Å². The molecule has 0 saturated carbocycles. The molecule has 1 heterocycles. The topological polar surface area (TPSA) is 118 Å². The molecule has 0 saturated heterocycles. The molecule has 3 N–H and O–H groups in total. The van der Waals surface area contributed by atoms with Gasteiger partial charge in [0.1, 0.15) is 18.4 Å². The Morgan fingerprint density at radius 2 is 1.88 bits per heavy atom. The molecule has 0 aliphatic heterocycles. The van der Waals surface area contributed by atoms with Gasteiger partial charge in [0, 0.05) is 5.39 Å². The Kier molecular flexibility index (Phi) is 5.63. The average molecular weight is 348 g/mol. The minimum Gasteiger partial charge on any atom is -0.506 e. The number of pyridine rings is 1. The number of hydrogen-bond acceptors (Lipinski definition) is 5. The molecule has 25 heavy (non-hydrogen) atoms. The van der Waals surface area contributed by atoms with Gasteiger partial charge in [-0.25, -0.2) is 0 Å². The van der Waals surface area contributed by atoms with E-state index in [2.05, 4.69) is 5.32 Å². The number of hydrogen-bond donors (Lipinski definition) is 3. The number of carboxylic acid groups (broad SMARTS) is 1. The molecule has 0 radical (unpaired) electrons. The number of carbonyl (C=O) groups excluding carboxylic acids is 1. The van der Waals surface area contributed by atoms with Gasteiger partial charge in [-0.3, -0.25) is 14.4 Å². The summed E-state index contributed by atoms with van der Waals surface area (Å²) in [5.74, 6) is -2.74. The number of aromatic nitrogens is 1. The van der Waals surface area contributed by atoms with E-state index in [9.17, 15) is 19.5 Å². The van der Waals surface area contributed by atoms with Crippen LogP contribution in [0.5, 0.6) is 5.75 Å². The molecule has 0 aliphatic rings. The van der Waals surface area contributed by atoms with Crippen LogP contribution in [0, 0.1) is 0 Å². The first-order valence-corrected chi connectivity index (χ1v) is 7.94. The summed E-state index contributed by atoms with van der Waals surface area (Å²) in [6, 6.07) is 6.47. The van der Waals surface area contributed by atoms with Crippen LogP contribution in [0.3, 0.4) is 0 Å². The maximum Gasteiger partial charge on any atom is 0.322 e. The summed E-state index contributed by atoms with van der Waals surface area (Å²) in [5, 5.41) is 21.4. The third kappa shape index (κ3) is 3.73. The smallest absolute Gasteiger partial charge is 0.322 e. The predicted molar refractivity (Wildman–Crippen MR) is 90.8 cm³/mol. The maximum absolute atomic E-state index is 12.7. The Balaban J connectivity index is 2.64. The van der Waals surface area contributed by atoms with Crippen molar-refractivity contribution in [1.29, 1.82) is 0 Å². The van der Waals surface area contributed by atoms with Gasteiger partial charge in [-0.2, -0.15) is 0 Å². The summed E-state index contributed by atoms with van der Waals surface area (Å²) in [6.07, 6.45) is 1.05. The number of fused-ring (bicyclic) bond motifs is 1. The van der Waals surface area contributed by atoms with Crippen LogP contribution in [0.25, 0.3) is 10.9 Å². The van der Waals surface area contributed by atoms with E-state index in [0.29, 0.717) is 18.4 Å². The Hall–Kier alpha value is -3.03. The van der Waals surface area contributed by atoms with E-state index in [0.717, 1.165) is 4.73 Å². The molecule has 1 amide bonds. The van der Waals surface area contributed by atoms with Crippen molar-refractivity contribution in [1.82, 2.24) is 10.0 Å². The van der Waals surface area contributed by atoms with Crippen molar-refractivity contribution in [3.8, 4) is 5.75 Å². The zero-order chi connectivity index (χ0) is 18.6. The van der Waals surface area contributed by atoms with Gasteiger partial charge in [-0.1, -0.05) is 26.0 Å². The standard InChI is InChI=1S/C17H20N2O6/c1-3-10(4-2)25-19-12-8-6-5-7-11(12)15(22)14(17(19)24)16(23)18-9-13(20)21/h5-8,10,22H,3-4,9H2,1-2H3,(H,18,23)(H,20,21). The van der Waals surface area contributed by atoms with E-state index in [1.807, 2.05) is 13.8 Å². The number of benzene rings is 1. The Morgan fingerprint density at radius 3 is 2.48 bits per heavy atom. The number of carbonyl (C=O) groups is 2. The minimum absolute atomic E-state index is 0.249. The fourth-order valence-electron chi connectivity index (χ4n) is 2.44. The largest absolute Gasteiger partial charge is 0.506 e. The van der Waals surface area contributed by atoms with Crippen LogP contribution in [0.1, 0.15) is 37.0 Å². The van der Waals surface area contributed by atoms with Crippen LogP contribution in [0.15, 0.2) is 29.1 Å². The number of amides is 1. The zero-order valence-electron chi connectivity index (χ0n) is 14.0. The lowest BCUT2D eigenvalue weighted by atomic mass is 10.1. The van der Waals surface area contributed by atoms with Crippen molar-refractivity contribution in [3.63, 3.8) is 0 Å². The molecule has 8 nitrogen and oxygen atoms in total. The lowest BCUT2D eigenvalue weighted by Crippen LogP contribution is -2.39. The van der Waals surface area contributed by atoms with Crippen LogP contribution in [-0.2, 0) is 4.79 Å². The highest BCUT2D eigenvalue weighted by Gasteiger charge is 2.24. The molecule has 0 fully saturated rings. The second-order valence-corrected chi connectivity index (χ2v) is 5.46. The monoisotopic (exact) mass is 348 g/mol. The lowest BCUT2D eigenvalue weighted by Gasteiger charge is -2.20. The van der Waals surface area contributed by atoms with Crippen LogP contribution in [-0.4, -0.2) is 39.5 Å². The molecule has 1 aromatic heterocycles. The second kappa shape index (κ2) is 7.69.